The van der Waals surface area contributed by atoms with Crippen molar-refractivity contribution in [1.29, 1.82) is 0 Å². The summed E-state index contributed by atoms with van der Waals surface area (Å²) in [4.78, 5) is 7.77. The van der Waals surface area contributed by atoms with Crippen LogP contribution >= 0.6 is 0 Å². The minimum atomic E-state index is -0.437. The fraction of sp³-hybridized carbons (Fsp3) is 0.462. The molecular weight excluding hydrogens is 261 g/mol. The molecule has 0 saturated carbocycles. The van der Waals surface area contributed by atoms with Gasteiger partial charge in [0.2, 0.25) is 5.95 Å². The van der Waals surface area contributed by atoms with Crippen LogP contribution in [0.2, 0.25) is 0 Å². The Bertz CT molecular complexity index is 570. The van der Waals surface area contributed by atoms with E-state index in [4.69, 9.17) is 4.74 Å². The predicted octanol–water partition coefficient (Wildman–Crippen LogP) is 1.54. The third-order valence-corrected chi connectivity index (χ3v) is 3.41. The first-order valence-electron chi connectivity index (χ1n) is 6.54. The second-order valence-corrected chi connectivity index (χ2v) is 4.89. The van der Waals surface area contributed by atoms with E-state index in [1.54, 1.807) is 4.68 Å². The highest BCUT2D eigenvalue weighted by Gasteiger charge is 2.30. The molecule has 2 atom stereocenters. The number of halogens is 1. The Morgan fingerprint density at radius 2 is 2.20 bits per heavy atom. The third-order valence-electron chi connectivity index (χ3n) is 3.41. The van der Waals surface area contributed by atoms with Crippen LogP contribution in [0.3, 0.4) is 0 Å². The molecule has 0 amide bonds. The number of rotatable bonds is 4. The first-order chi connectivity index (χ1) is 9.72. The van der Waals surface area contributed by atoms with E-state index in [1.807, 2.05) is 19.4 Å². The van der Waals surface area contributed by atoms with Crippen molar-refractivity contribution in [2.24, 2.45) is 13.0 Å². The van der Waals surface area contributed by atoms with E-state index in [0.717, 1.165) is 31.0 Å². The largest absolute Gasteiger partial charge is 0.373 e. The van der Waals surface area contributed by atoms with Crippen LogP contribution in [0.15, 0.2) is 24.8 Å². The molecule has 0 bridgehead atoms. The topological polar surface area (TPSA) is 64.9 Å². The molecule has 6 nitrogen and oxygen atoms in total. The summed E-state index contributed by atoms with van der Waals surface area (Å²) < 4.78 is 20.3. The van der Waals surface area contributed by atoms with E-state index in [-0.39, 0.29) is 6.10 Å². The molecule has 106 valence electrons. The van der Waals surface area contributed by atoms with Crippen LogP contribution in [0.25, 0.3) is 0 Å². The van der Waals surface area contributed by atoms with Gasteiger partial charge in [0, 0.05) is 37.9 Å². The van der Waals surface area contributed by atoms with E-state index in [1.165, 1.54) is 0 Å². The fourth-order valence-corrected chi connectivity index (χ4v) is 2.42. The van der Waals surface area contributed by atoms with Crippen LogP contribution in [0.5, 0.6) is 0 Å². The first-order valence-corrected chi connectivity index (χ1v) is 6.54. The molecule has 1 fully saturated rings. The molecule has 1 N–H and O–H groups in total. The van der Waals surface area contributed by atoms with Gasteiger partial charge in [-0.3, -0.25) is 4.68 Å². The predicted molar refractivity (Wildman–Crippen MR) is 70.5 cm³/mol. The van der Waals surface area contributed by atoms with Crippen LogP contribution in [0, 0.1) is 11.7 Å². The van der Waals surface area contributed by atoms with Crippen molar-refractivity contribution in [2.45, 2.75) is 12.5 Å². The maximum atomic E-state index is 12.7. The van der Waals surface area contributed by atoms with Gasteiger partial charge in [0.05, 0.1) is 24.7 Å². The van der Waals surface area contributed by atoms with Gasteiger partial charge >= 0.3 is 0 Å². The normalized spacial score (nSPS) is 22.1. The number of aromatic nitrogens is 4. The summed E-state index contributed by atoms with van der Waals surface area (Å²) in [5.74, 6) is 0.323. The van der Waals surface area contributed by atoms with Gasteiger partial charge in [-0.2, -0.15) is 5.10 Å². The molecule has 1 aliphatic heterocycles. The summed E-state index contributed by atoms with van der Waals surface area (Å²) in [6.45, 7) is 1.42. The Balaban J connectivity index is 1.63. The lowest BCUT2D eigenvalue weighted by molar-refractivity contribution is 0.0932. The second kappa shape index (κ2) is 5.54. The average Bonchev–Trinajstić information content (AvgIpc) is 3.06. The molecule has 0 unspecified atom stereocenters. The number of nitrogens with one attached hydrogen (secondary N) is 1. The first kappa shape index (κ1) is 13.0. The van der Waals surface area contributed by atoms with Crippen LogP contribution in [0.1, 0.15) is 18.1 Å². The van der Waals surface area contributed by atoms with Gasteiger partial charge in [-0.05, 0) is 6.42 Å². The van der Waals surface area contributed by atoms with Crippen molar-refractivity contribution in [3.05, 3.63) is 36.2 Å². The number of anilines is 1. The number of ether oxygens (including phenoxy) is 1. The third kappa shape index (κ3) is 2.77. The van der Waals surface area contributed by atoms with Gasteiger partial charge in [-0.1, -0.05) is 0 Å². The maximum absolute atomic E-state index is 12.7. The van der Waals surface area contributed by atoms with Crippen molar-refractivity contribution in [2.75, 3.05) is 18.5 Å². The van der Waals surface area contributed by atoms with Crippen LogP contribution in [-0.2, 0) is 11.8 Å². The molecule has 0 aliphatic carbocycles. The number of hydrogen-bond acceptors (Lipinski definition) is 5. The van der Waals surface area contributed by atoms with Crippen molar-refractivity contribution in [3.8, 4) is 0 Å². The van der Waals surface area contributed by atoms with Gasteiger partial charge < -0.3 is 10.1 Å². The second-order valence-electron chi connectivity index (χ2n) is 4.89. The molecule has 0 spiro atoms. The zero-order chi connectivity index (χ0) is 13.9. The molecule has 0 radical (unpaired) electrons. The minimum Gasteiger partial charge on any atom is -0.373 e. The van der Waals surface area contributed by atoms with Gasteiger partial charge in [0.1, 0.15) is 0 Å². The number of nitrogens with zero attached hydrogens (tertiary/aromatic N) is 4. The summed E-state index contributed by atoms with van der Waals surface area (Å²) >= 11 is 0. The van der Waals surface area contributed by atoms with Crippen molar-refractivity contribution in [3.63, 3.8) is 0 Å². The molecular formula is C13H16FN5O. The van der Waals surface area contributed by atoms with Crippen LogP contribution in [0.4, 0.5) is 10.3 Å². The van der Waals surface area contributed by atoms with Gasteiger partial charge in [-0.25, -0.2) is 14.4 Å². The molecule has 1 saturated heterocycles. The fourth-order valence-electron chi connectivity index (χ4n) is 2.42. The lowest BCUT2D eigenvalue weighted by Gasteiger charge is -2.17. The molecule has 1 aliphatic rings. The highest BCUT2D eigenvalue weighted by atomic mass is 19.1. The standard InChI is InChI=1S/C13H16FN5O/c1-19-8-10(5-18-19)12-9(2-3-20-12)4-15-13-16-6-11(14)7-17-13/h5-9,12H,2-4H2,1H3,(H,15,16,17)/t9-,12+/m0/s1. The Morgan fingerprint density at radius 3 is 2.90 bits per heavy atom. The van der Waals surface area contributed by atoms with Crippen molar-refractivity contribution < 1.29 is 9.13 Å². The zero-order valence-corrected chi connectivity index (χ0v) is 11.2. The zero-order valence-electron chi connectivity index (χ0n) is 11.2. The monoisotopic (exact) mass is 277 g/mol. The summed E-state index contributed by atoms with van der Waals surface area (Å²) in [7, 11) is 1.89. The average molecular weight is 277 g/mol. The van der Waals surface area contributed by atoms with E-state index >= 15 is 0 Å². The lowest BCUT2D eigenvalue weighted by atomic mass is 9.97. The quantitative estimate of drug-likeness (QED) is 0.918. The van der Waals surface area contributed by atoms with E-state index in [2.05, 4.69) is 20.4 Å². The van der Waals surface area contributed by atoms with Crippen molar-refractivity contribution >= 4 is 5.95 Å². The lowest BCUT2D eigenvalue weighted by Crippen LogP contribution is -2.18. The summed E-state index contributed by atoms with van der Waals surface area (Å²) in [5.41, 5.74) is 1.08. The number of hydrogen-bond donors (Lipinski definition) is 1. The minimum absolute atomic E-state index is 0.0386. The number of aryl methyl sites for hydroxylation is 1. The van der Waals surface area contributed by atoms with E-state index in [0.29, 0.717) is 18.4 Å². The summed E-state index contributed by atoms with van der Waals surface area (Å²) in [5, 5.41) is 7.30. The smallest absolute Gasteiger partial charge is 0.222 e. The SMILES string of the molecule is Cn1cc([C@@H]2OCC[C@H]2CNc2ncc(F)cn2)cn1. The Morgan fingerprint density at radius 1 is 1.40 bits per heavy atom. The molecule has 3 rings (SSSR count). The van der Waals surface area contributed by atoms with E-state index in [9.17, 15) is 4.39 Å². The van der Waals surface area contributed by atoms with Crippen molar-refractivity contribution in [1.82, 2.24) is 19.7 Å². The molecule has 3 heterocycles. The Kier molecular flexibility index (Phi) is 3.60. The molecule has 2 aromatic rings. The van der Waals surface area contributed by atoms with E-state index < -0.39 is 5.82 Å². The molecule has 7 heteroatoms. The van der Waals surface area contributed by atoms with Crippen LogP contribution < -0.4 is 5.32 Å². The molecule has 0 aromatic carbocycles. The highest BCUT2D eigenvalue weighted by Crippen LogP contribution is 2.34. The highest BCUT2D eigenvalue weighted by molar-refractivity contribution is 5.23. The Hall–Kier alpha value is -2.02. The molecule has 20 heavy (non-hydrogen) atoms. The van der Waals surface area contributed by atoms with Crippen LogP contribution in [-0.4, -0.2) is 32.9 Å². The maximum Gasteiger partial charge on any atom is 0.222 e. The molecule has 2 aromatic heterocycles. The van der Waals surface area contributed by atoms with Gasteiger partial charge in [-0.15, -0.1) is 0 Å². The Labute approximate surface area is 116 Å². The summed E-state index contributed by atoms with van der Waals surface area (Å²) in [6.07, 6.45) is 7.11. The summed E-state index contributed by atoms with van der Waals surface area (Å²) in [6, 6.07) is 0. The van der Waals surface area contributed by atoms with Gasteiger partial charge in [0.25, 0.3) is 0 Å². The van der Waals surface area contributed by atoms with Gasteiger partial charge in [0.15, 0.2) is 5.82 Å².